The molecule has 2 atom stereocenters. The van der Waals surface area contributed by atoms with Gasteiger partial charge >= 0.3 is 0 Å². The van der Waals surface area contributed by atoms with Crippen LogP contribution in [0.15, 0.2) is 34.7 Å². The number of aliphatic hydroxyl groups excluding tert-OH is 1. The van der Waals surface area contributed by atoms with Crippen LogP contribution in [0.3, 0.4) is 0 Å². The monoisotopic (exact) mass is 279 g/mol. The summed E-state index contributed by atoms with van der Waals surface area (Å²) in [6.45, 7) is 4.04. The SMILES string of the molecule is Cc1cc(C(O)C(CN)c2cccc(Cl)c2)c(C)o1. The van der Waals surface area contributed by atoms with Crippen LogP contribution in [-0.2, 0) is 0 Å². The van der Waals surface area contributed by atoms with Crippen LogP contribution in [-0.4, -0.2) is 11.7 Å². The fourth-order valence-corrected chi connectivity index (χ4v) is 2.54. The summed E-state index contributed by atoms with van der Waals surface area (Å²) in [5.74, 6) is 1.31. The molecule has 3 N–H and O–H groups in total. The highest BCUT2D eigenvalue weighted by Crippen LogP contribution is 2.34. The molecule has 0 spiro atoms. The molecule has 0 fully saturated rings. The van der Waals surface area contributed by atoms with Crippen LogP contribution in [0.2, 0.25) is 5.02 Å². The number of nitrogens with two attached hydrogens (primary N) is 1. The van der Waals surface area contributed by atoms with E-state index in [9.17, 15) is 5.11 Å². The topological polar surface area (TPSA) is 59.4 Å². The second-order valence-electron chi connectivity index (χ2n) is 4.71. The molecule has 1 aromatic heterocycles. The molecule has 0 saturated carbocycles. The molecule has 1 heterocycles. The zero-order valence-electron chi connectivity index (χ0n) is 11.1. The molecule has 19 heavy (non-hydrogen) atoms. The van der Waals surface area contributed by atoms with Crippen LogP contribution < -0.4 is 5.73 Å². The lowest BCUT2D eigenvalue weighted by Gasteiger charge is -2.21. The van der Waals surface area contributed by atoms with Crippen molar-refractivity contribution in [1.82, 2.24) is 0 Å². The molecular formula is C15H18ClNO2. The summed E-state index contributed by atoms with van der Waals surface area (Å²) in [6, 6.07) is 9.28. The van der Waals surface area contributed by atoms with E-state index in [-0.39, 0.29) is 5.92 Å². The molecule has 1 aromatic carbocycles. The van der Waals surface area contributed by atoms with Gasteiger partial charge in [0.2, 0.25) is 0 Å². The lowest BCUT2D eigenvalue weighted by molar-refractivity contribution is 0.145. The Morgan fingerprint density at radius 3 is 2.58 bits per heavy atom. The van der Waals surface area contributed by atoms with Gasteiger partial charge in [-0.25, -0.2) is 0 Å². The summed E-state index contributed by atoms with van der Waals surface area (Å²) in [6.07, 6.45) is -0.694. The first-order valence-electron chi connectivity index (χ1n) is 6.23. The summed E-state index contributed by atoms with van der Waals surface area (Å²) in [5.41, 5.74) is 7.53. The maximum absolute atomic E-state index is 10.5. The number of benzene rings is 1. The number of aryl methyl sites for hydroxylation is 2. The molecule has 0 saturated heterocycles. The average Bonchev–Trinajstić information content (AvgIpc) is 2.69. The Balaban J connectivity index is 2.34. The molecule has 0 radical (unpaired) electrons. The van der Waals surface area contributed by atoms with Crippen LogP contribution in [0.4, 0.5) is 0 Å². The van der Waals surface area contributed by atoms with E-state index in [1.165, 1.54) is 0 Å². The normalized spacial score (nSPS) is 14.4. The smallest absolute Gasteiger partial charge is 0.106 e. The Hall–Kier alpha value is -1.29. The highest BCUT2D eigenvalue weighted by atomic mass is 35.5. The third-order valence-electron chi connectivity index (χ3n) is 3.31. The summed E-state index contributed by atoms with van der Waals surface area (Å²) in [7, 11) is 0. The second kappa shape index (κ2) is 5.78. The van der Waals surface area contributed by atoms with E-state index >= 15 is 0 Å². The number of rotatable bonds is 4. The van der Waals surface area contributed by atoms with Gasteiger partial charge in [-0.1, -0.05) is 23.7 Å². The van der Waals surface area contributed by atoms with Gasteiger partial charge in [-0.15, -0.1) is 0 Å². The van der Waals surface area contributed by atoms with Gasteiger partial charge in [-0.2, -0.15) is 0 Å². The van der Waals surface area contributed by atoms with Crippen molar-refractivity contribution in [3.8, 4) is 0 Å². The van der Waals surface area contributed by atoms with Gasteiger partial charge < -0.3 is 15.3 Å². The molecule has 0 aliphatic carbocycles. The minimum atomic E-state index is -0.694. The van der Waals surface area contributed by atoms with Crippen molar-refractivity contribution in [2.45, 2.75) is 25.9 Å². The van der Waals surface area contributed by atoms with Crippen molar-refractivity contribution in [3.05, 3.63) is 58.0 Å². The number of aliphatic hydroxyl groups is 1. The zero-order chi connectivity index (χ0) is 14.0. The number of hydrogen-bond acceptors (Lipinski definition) is 3. The maximum Gasteiger partial charge on any atom is 0.106 e. The van der Waals surface area contributed by atoms with Gasteiger partial charge in [0.1, 0.15) is 11.5 Å². The fourth-order valence-electron chi connectivity index (χ4n) is 2.35. The highest BCUT2D eigenvalue weighted by molar-refractivity contribution is 6.30. The van der Waals surface area contributed by atoms with Gasteiger partial charge in [-0.05, 0) is 37.6 Å². The molecule has 102 valence electrons. The molecule has 4 heteroatoms. The highest BCUT2D eigenvalue weighted by Gasteiger charge is 2.25. The van der Waals surface area contributed by atoms with E-state index in [1.807, 2.05) is 38.1 Å². The fraction of sp³-hybridized carbons (Fsp3) is 0.333. The van der Waals surface area contributed by atoms with Gasteiger partial charge in [0.25, 0.3) is 0 Å². The Morgan fingerprint density at radius 1 is 1.32 bits per heavy atom. The van der Waals surface area contributed by atoms with Crippen LogP contribution in [0.25, 0.3) is 0 Å². The maximum atomic E-state index is 10.5. The predicted molar refractivity (Wildman–Crippen MR) is 76.4 cm³/mol. The standard InChI is InChI=1S/C15H18ClNO2/c1-9-6-13(10(2)19-9)15(18)14(8-17)11-4-3-5-12(16)7-11/h3-7,14-15,18H,8,17H2,1-2H3. The van der Waals surface area contributed by atoms with Gasteiger partial charge in [0.05, 0.1) is 6.10 Å². The minimum Gasteiger partial charge on any atom is -0.466 e. The van der Waals surface area contributed by atoms with Crippen molar-refractivity contribution in [3.63, 3.8) is 0 Å². The van der Waals surface area contributed by atoms with E-state index in [1.54, 1.807) is 6.07 Å². The largest absolute Gasteiger partial charge is 0.466 e. The molecule has 0 aliphatic rings. The first kappa shape index (κ1) is 14.1. The average molecular weight is 280 g/mol. The lowest BCUT2D eigenvalue weighted by atomic mass is 9.89. The first-order chi connectivity index (χ1) is 9.02. The zero-order valence-corrected chi connectivity index (χ0v) is 11.8. The Kier molecular flexibility index (Phi) is 4.30. The third-order valence-corrected chi connectivity index (χ3v) is 3.55. The Labute approximate surface area is 118 Å². The molecule has 0 bridgehead atoms. The molecule has 0 amide bonds. The van der Waals surface area contributed by atoms with E-state index in [2.05, 4.69) is 0 Å². The molecular weight excluding hydrogens is 262 g/mol. The lowest BCUT2D eigenvalue weighted by Crippen LogP contribution is -2.20. The number of furan rings is 1. The van der Waals surface area contributed by atoms with Gasteiger partial charge in [0.15, 0.2) is 0 Å². The summed E-state index contributed by atoms with van der Waals surface area (Å²) in [4.78, 5) is 0. The molecule has 0 aliphatic heterocycles. The van der Waals surface area contributed by atoms with Crippen molar-refractivity contribution in [2.24, 2.45) is 5.73 Å². The quantitative estimate of drug-likeness (QED) is 0.902. The summed E-state index contributed by atoms with van der Waals surface area (Å²) < 4.78 is 5.46. The first-order valence-corrected chi connectivity index (χ1v) is 6.61. The van der Waals surface area contributed by atoms with E-state index in [4.69, 9.17) is 21.8 Å². The number of halogens is 1. The molecule has 2 aromatic rings. The molecule has 2 rings (SSSR count). The van der Waals surface area contributed by atoms with E-state index in [0.29, 0.717) is 11.6 Å². The van der Waals surface area contributed by atoms with Crippen LogP contribution >= 0.6 is 11.6 Å². The van der Waals surface area contributed by atoms with Gasteiger partial charge in [-0.3, -0.25) is 0 Å². The van der Waals surface area contributed by atoms with Crippen molar-refractivity contribution < 1.29 is 9.52 Å². The van der Waals surface area contributed by atoms with Crippen LogP contribution in [0.1, 0.15) is 34.7 Å². The Bertz CT molecular complexity index is 565. The second-order valence-corrected chi connectivity index (χ2v) is 5.15. The summed E-state index contributed by atoms with van der Waals surface area (Å²) in [5, 5.41) is 11.2. The van der Waals surface area contributed by atoms with Crippen molar-refractivity contribution in [2.75, 3.05) is 6.54 Å². The summed E-state index contributed by atoms with van der Waals surface area (Å²) >= 11 is 5.99. The van der Waals surface area contributed by atoms with Crippen LogP contribution in [0, 0.1) is 13.8 Å². The minimum absolute atomic E-state index is 0.200. The number of hydrogen-bond donors (Lipinski definition) is 2. The molecule has 2 unspecified atom stereocenters. The predicted octanol–water partition coefficient (Wildman–Crippen LogP) is 3.33. The van der Waals surface area contributed by atoms with Crippen molar-refractivity contribution >= 4 is 11.6 Å². The molecule has 3 nitrogen and oxygen atoms in total. The van der Waals surface area contributed by atoms with E-state index in [0.717, 1.165) is 22.6 Å². The van der Waals surface area contributed by atoms with Gasteiger partial charge in [0, 0.05) is 23.0 Å². The third kappa shape index (κ3) is 3.00. The van der Waals surface area contributed by atoms with E-state index < -0.39 is 6.10 Å². The van der Waals surface area contributed by atoms with Crippen molar-refractivity contribution in [1.29, 1.82) is 0 Å². The van der Waals surface area contributed by atoms with Crippen LogP contribution in [0.5, 0.6) is 0 Å². The Morgan fingerprint density at radius 2 is 2.05 bits per heavy atom.